The summed E-state index contributed by atoms with van der Waals surface area (Å²) in [6.07, 6.45) is 4.78. The Kier molecular flexibility index (Phi) is 8.06. The second-order valence-electron chi connectivity index (χ2n) is 10.6. The summed E-state index contributed by atoms with van der Waals surface area (Å²) in [6.45, 7) is 5.13. The van der Waals surface area contributed by atoms with Crippen LogP contribution in [0.5, 0.6) is 0 Å². The molecule has 1 amide bonds. The highest BCUT2D eigenvalue weighted by molar-refractivity contribution is 5.96. The van der Waals surface area contributed by atoms with Crippen molar-refractivity contribution >= 4 is 17.7 Å². The minimum Gasteiger partial charge on any atom is -0.461 e. The lowest BCUT2D eigenvalue weighted by atomic mass is 9.63. The quantitative estimate of drug-likeness (QED) is 0.204. The molecule has 0 saturated carbocycles. The van der Waals surface area contributed by atoms with Crippen LogP contribution in [0.3, 0.4) is 0 Å². The van der Waals surface area contributed by atoms with Crippen molar-refractivity contribution in [1.29, 1.82) is 0 Å². The smallest absolute Gasteiger partial charge is 0.321 e. The second kappa shape index (κ2) is 11.8. The first-order valence-electron chi connectivity index (χ1n) is 13.8. The highest BCUT2D eigenvalue weighted by Gasteiger charge is 2.50. The number of Topliss-reactive ketones (excluding diaryl/α,β-unsaturated/α-hetero) is 1. The summed E-state index contributed by atoms with van der Waals surface area (Å²) in [4.78, 5) is 42.2. The first-order chi connectivity index (χ1) is 19.0. The van der Waals surface area contributed by atoms with E-state index in [-0.39, 0.29) is 36.1 Å². The number of fused-ring (bicyclic) bond motifs is 1. The minimum absolute atomic E-state index is 0.108. The van der Waals surface area contributed by atoms with Crippen molar-refractivity contribution in [2.75, 3.05) is 19.7 Å². The molecule has 0 N–H and O–H groups in total. The molecule has 200 valence electrons. The van der Waals surface area contributed by atoms with Gasteiger partial charge in [-0.3, -0.25) is 14.4 Å². The van der Waals surface area contributed by atoms with Gasteiger partial charge in [0.15, 0.2) is 5.78 Å². The van der Waals surface area contributed by atoms with Gasteiger partial charge in [0.1, 0.15) is 12.0 Å². The summed E-state index contributed by atoms with van der Waals surface area (Å²) in [5.74, 6) is -0.0621. The number of carbonyl (C=O) groups is 3. The van der Waals surface area contributed by atoms with E-state index in [1.165, 1.54) is 0 Å². The van der Waals surface area contributed by atoms with Crippen LogP contribution in [0.25, 0.3) is 0 Å². The molecule has 39 heavy (non-hydrogen) atoms. The number of likely N-dealkylation sites (tertiary alicyclic amines) is 1. The molecular weight excluding hydrogens is 486 g/mol. The van der Waals surface area contributed by atoms with Gasteiger partial charge >= 0.3 is 5.97 Å². The SMILES string of the molecule is C=CCOC(=O)[C@]1(c2ccccc2)CC[C@H](C(=O)N2CCC(CC(=O)c3ccccc3)CC2)c2ccccc21. The molecular formula is C34H35NO4. The van der Waals surface area contributed by atoms with Crippen LogP contribution in [0, 0.1) is 5.92 Å². The third-order valence-corrected chi connectivity index (χ3v) is 8.35. The van der Waals surface area contributed by atoms with E-state index >= 15 is 0 Å². The third-order valence-electron chi connectivity index (χ3n) is 8.35. The molecule has 5 rings (SSSR count). The van der Waals surface area contributed by atoms with Gasteiger partial charge in [0, 0.05) is 25.1 Å². The van der Waals surface area contributed by atoms with Crippen LogP contribution in [-0.2, 0) is 19.7 Å². The number of ether oxygens (including phenoxy) is 1. The number of hydrogen-bond acceptors (Lipinski definition) is 4. The fraction of sp³-hybridized carbons (Fsp3) is 0.324. The van der Waals surface area contributed by atoms with Crippen molar-refractivity contribution in [3.8, 4) is 0 Å². The van der Waals surface area contributed by atoms with E-state index in [1.807, 2.05) is 89.8 Å². The Balaban J connectivity index is 1.34. The van der Waals surface area contributed by atoms with Crippen LogP contribution in [0.1, 0.15) is 65.1 Å². The number of amides is 1. The molecule has 0 radical (unpaired) electrons. The Morgan fingerprint density at radius 3 is 2.21 bits per heavy atom. The summed E-state index contributed by atoms with van der Waals surface area (Å²) >= 11 is 0. The molecule has 2 aliphatic rings. The standard InChI is InChI=1S/C34H35NO4/c1-2-23-39-33(38)34(27-13-7-4-8-14-27)20-17-29(28-15-9-10-16-30(28)34)32(37)35-21-18-25(19-22-35)24-31(36)26-11-5-3-6-12-26/h2-16,25,29H,1,17-24H2/t29-,34-/m0/s1. The highest BCUT2D eigenvalue weighted by Crippen LogP contribution is 2.48. The van der Waals surface area contributed by atoms with Crippen molar-refractivity contribution in [2.24, 2.45) is 5.92 Å². The van der Waals surface area contributed by atoms with Gasteiger partial charge in [-0.05, 0) is 48.3 Å². The van der Waals surface area contributed by atoms with Crippen molar-refractivity contribution in [2.45, 2.75) is 43.4 Å². The fourth-order valence-corrected chi connectivity index (χ4v) is 6.29. The second-order valence-corrected chi connectivity index (χ2v) is 10.6. The van der Waals surface area contributed by atoms with Gasteiger partial charge in [0.2, 0.25) is 5.91 Å². The molecule has 5 nitrogen and oxygen atoms in total. The van der Waals surface area contributed by atoms with Gasteiger partial charge in [-0.15, -0.1) is 0 Å². The zero-order valence-corrected chi connectivity index (χ0v) is 22.3. The van der Waals surface area contributed by atoms with Gasteiger partial charge < -0.3 is 9.64 Å². The molecule has 0 spiro atoms. The Labute approximate surface area is 230 Å². The molecule has 2 atom stereocenters. The normalized spacial score (nSPS) is 21.0. The maximum atomic E-state index is 13.9. The summed E-state index contributed by atoms with van der Waals surface area (Å²) in [5.41, 5.74) is 2.40. The molecule has 1 saturated heterocycles. The summed E-state index contributed by atoms with van der Waals surface area (Å²) in [6, 6.07) is 27.0. The largest absolute Gasteiger partial charge is 0.461 e. The monoisotopic (exact) mass is 521 g/mol. The fourth-order valence-electron chi connectivity index (χ4n) is 6.29. The van der Waals surface area contributed by atoms with E-state index in [4.69, 9.17) is 4.74 Å². The van der Waals surface area contributed by atoms with Crippen LogP contribution in [0.15, 0.2) is 97.6 Å². The van der Waals surface area contributed by atoms with Gasteiger partial charge in [0.05, 0.1) is 5.92 Å². The van der Waals surface area contributed by atoms with Gasteiger partial charge in [0.25, 0.3) is 0 Å². The molecule has 1 aliphatic heterocycles. The predicted molar refractivity (Wildman–Crippen MR) is 151 cm³/mol. The van der Waals surface area contributed by atoms with Crippen molar-refractivity contribution in [3.63, 3.8) is 0 Å². The molecule has 3 aromatic carbocycles. The first kappa shape index (κ1) is 26.6. The van der Waals surface area contributed by atoms with E-state index in [0.717, 1.165) is 35.1 Å². The van der Waals surface area contributed by atoms with Crippen LogP contribution in [0.2, 0.25) is 0 Å². The highest BCUT2D eigenvalue weighted by atomic mass is 16.5. The summed E-state index contributed by atoms with van der Waals surface area (Å²) in [5, 5.41) is 0. The lowest BCUT2D eigenvalue weighted by Gasteiger charge is -2.42. The average molecular weight is 522 g/mol. The van der Waals surface area contributed by atoms with Gasteiger partial charge in [-0.1, -0.05) is 97.6 Å². The van der Waals surface area contributed by atoms with Crippen LogP contribution < -0.4 is 0 Å². The molecule has 0 aromatic heterocycles. The number of hydrogen-bond donors (Lipinski definition) is 0. The van der Waals surface area contributed by atoms with E-state index in [1.54, 1.807) is 6.08 Å². The van der Waals surface area contributed by atoms with E-state index in [0.29, 0.717) is 32.4 Å². The Morgan fingerprint density at radius 1 is 0.872 bits per heavy atom. The van der Waals surface area contributed by atoms with Crippen LogP contribution in [0.4, 0.5) is 0 Å². The topological polar surface area (TPSA) is 63.7 Å². The molecule has 1 heterocycles. The van der Waals surface area contributed by atoms with Crippen LogP contribution in [-0.4, -0.2) is 42.3 Å². The minimum atomic E-state index is -0.970. The zero-order chi connectivity index (χ0) is 27.2. The number of piperidine rings is 1. The van der Waals surface area contributed by atoms with Gasteiger partial charge in [-0.2, -0.15) is 0 Å². The third kappa shape index (κ3) is 5.31. The van der Waals surface area contributed by atoms with E-state index < -0.39 is 5.41 Å². The molecule has 1 fully saturated rings. The van der Waals surface area contributed by atoms with Gasteiger partial charge in [-0.25, -0.2) is 0 Å². The molecule has 0 bridgehead atoms. The number of ketones is 1. The number of esters is 1. The van der Waals surface area contributed by atoms with E-state index in [9.17, 15) is 14.4 Å². The maximum absolute atomic E-state index is 13.9. The summed E-state index contributed by atoms with van der Waals surface area (Å²) in [7, 11) is 0. The molecule has 5 heteroatoms. The number of nitrogens with zero attached hydrogens (tertiary/aromatic N) is 1. The Morgan fingerprint density at radius 2 is 1.51 bits per heavy atom. The molecule has 3 aromatic rings. The van der Waals surface area contributed by atoms with Crippen molar-refractivity contribution in [3.05, 3.63) is 120 Å². The number of benzene rings is 3. The number of carbonyl (C=O) groups excluding carboxylic acids is 3. The maximum Gasteiger partial charge on any atom is 0.321 e. The zero-order valence-electron chi connectivity index (χ0n) is 22.3. The van der Waals surface area contributed by atoms with Crippen molar-refractivity contribution in [1.82, 2.24) is 4.90 Å². The lowest BCUT2D eigenvalue weighted by molar-refractivity contribution is -0.149. The Bertz CT molecular complexity index is 1330. The van der Waals surface area contributed by atoms with Crippen molar-refractivity contribution < 1.29 is 19.1 Å². The lowest BCUT2D eigenvalue weighted by Crippen LogP contribution is -2.46. The van der Waals surface area contributed by atoms with E-state index in [2.05, 4.69) is 6.58 Å². The predicted octanol–water partition coefficient (Wildman–Crippen LogP) is 6.09. The number of rotatable bonds is 8. The summed E-state index contributed by atoms with van der Waals surface area (Å²) < 4.78 is 5.65. The average Bonchev–Trinajstić information content (AvgIpc) is 3.00. The first-order valence-corrected chi connectivity index (χ1v) is 13.8. The Hall–Kier alpha value is -3.99. The molecule has 0 unspecified atom stereocenters. The molecule has 1 aliphatic carbocycles. The van der Waals surface area contributed by atoms with Crippen LogP contribution >= 0.6 is 0 Å².